The van der Waals surface area contributed by atoms with Gasteiger partial charge in [0.2, 0.25) is 0 Å². The monoisotopic (exact) mass is 290 g/mol. The maximum absolute atomic E-state index is 5.67. The van der Waals surface area contributed by atoms with Gasteiger partial charge in [-0.2, -0.15) is 0 Å². The molecule has 0 fully saturated rings. The molecule has 0 amide bonds. The zero-order valence-corrected chi connectivity index (χ0v) is 13.3. The Morgan fingerprint density at radius 2 is 2.05 bits per heavy atom. The Kier molecular flexibility index (Phi) is 5.59. The van der Waals surface area contributed by atoms with Gasteiger partial charge in [-0.25, -0.2) is 4.98 Å². The molecular weight excluding hydrogens is 264 g/mol. The fourth-order valence-corrected chi connectivity index (χ4v) is 2.55. The van der Waals surface area contributed by atoms with E-state index in [2.05, 4.69) is 29.4 Å². The van der Waals surface area contributed by atoms with Gasteiger partial charge in [0.25, 0.3) is 0 Å². The lowest BCUT2D eigenvalue weighted by atomic mass is 10.3. The molecule has 2 rings (SSSR count). The Labute approximate surface area is 126 Å². The van der Waals surface area contributed by atoms with E-state index in [1.807, 2.05) is 12.1 Å². The second kappa shape index (κ2) is 7.43. The predicted octanol–water partition coefficient (Wildman–Crippen LogP) is 2.24. The Hall–Kier alpha value is -1.59. The zero-order chi connectivity index (χ0) is 15.2. The summed E-state index contributed by atoms with van der Waals surface area (Å²) < 4.78 is 7.59. The molecule has 0 atom stereocenters. The van der Waals surface area contributed by atoms with E-state index in [9.17, 15) is 0 Å². The first-order valence-electron chi connectivity index (χ1n) is 7.69. The molecule has 0 spiro atoms. The van der Waals surface area contributed by atoms with Crippen LogP contribution in [0.2, 0.25) is 0 Å². The number of methoxy groups -OCH3 is 1. The maximum atomic E-state index is 5.67. The number of aromatic nitrogens is 2. The first kappa shape index (κ1) is 15.8. The third-order valence-electron chi connectivity index (χ3n) is 3.88. The topological polar surface area (TPSA) is 56.3 Å². The van der Waals surface area contributed by atoms with Crippen LogP contribution in [0.5, 0.6) is 5.75 Å². The summed E-state index contributed by atoms with van der Waals surface area (Å²) in [5.74, 6) is 1.95. The van der Waals surface area contributed by atoms with Crippen LogP contribution in [0.3, 0.4) is 0 Å². The normalized spacial score (nSPS) is 11.5. The van der Waals surface area contributed by atoms with Gasteiger partial charge >= 0.3 is 0 Å². The number of benzene rings is 1. The summed E-state index contributed by atoms with van der Waals surface area (Å²) in [6.07, 6.45) is 0.961. The van der Waals surface area contributed by atoms with Crippen LogP contribution in [-0.4, -0.2) is 41.2 Å². The SMILES string of the molecule is CCN(CC)Cc1nc2cc(OC)ccc2n1CCCN. The van der Waals surface area contributed by atoms with Crippen molar-refractivity contribution in [3.63, 3.8) is 0 Å². The molecule has 0 saturated carbocycles. The molecule has 0 aliphatic carbocycles. The molecule has 1 aromatic heterocycles. The van der Waals surface area contributed by atoms with Gasteiger partial charge < -0.3 is 15.0 Å². The molecule has 5 heteroatoms. The number of ether oxygens (including phenoxy) is 1. The largest absolute Gasteiger partial charge is 0.497 e. The number of hydrogen-bond donors (Lipinski definition) is 1. The lowest BCUT2D eigenvalue weighted by molar-refractivity contribution is 0.284. The summed E-state index contributed by atoms with van der Waals surface area (Å²) in [7, 11) is 1.68. The van der Waals surface area contributed by atoms with Crippen molar-refractivity contribution in [3.8, 4) is 5.75 Å². The summed E-state index contributed by atoms with van der Waals surface area (Å²) in [5, 5.41) is 0. The Bertz CT molecular complexity index is 575. The van der Waals surface area contributed by atoms with E-state index in [0.29, 0.717) is 6.54 Å². The maximum Gasteiger partial charge on any atom is 0.124 e. The molecular formula is C16H26N4O. The molecule has 0 saturated heterocycles. The molecule has 0 radical (unpaired) electrons. The van der Waals surface area contributed by atoms with Crippen LogP contribution in [0.15, 0.2) is 18.2 Å². The third-order valence-corrected chi connectivity index (χ3v) is 3.88. The highest BCUT2D eigenvalue weighted by Gasteiger charge is 2.13. The van der Waals surface area contributed by atoms with Gasteiger partial charge in [-0.15, -0.1) is 0 Å². The molecule has 5 nitrogen and oxygen atoms in total. The highest BCUT2D eigenvalue weighted by molar-refractivity contribution is 5.77. The van der Waals surface area contributed by atoms with E-state index in [-0.39, 0.29) is 0 Å². The molecule has 0 unspecified atom stereocenters. The van der Waals surface area contributed by atoms with Crippen LogP contribution in [0.25, 0.3) is 11.0 Å². The van der Waals surface area contributed by atoms with E-state index >= 15 is 0 Å². The minimum absolute atomic E-state index is 0.695. The van der Waals surface area contributed by atoms with Gasteiger partial charge in [0.05, 0.1) is 24.7 Å². The van der Waals surface area contributed by atoms with E-state index < -0.39 is 0 Å². The molecule has 0 aliphatic heterocycles. The molecule has 2 aromatic rings. The number of hydrogen-bond acceptors (Lipinski definition) is 4. The van der Waals surface area contributed by atoms with Crippen LogP contribution in [-0.2, 0) is 13.1 Å². The molecule has 116 valence electrons. The van der Waals surface area contributed by atoms with Gasteiger partial charge in [-0.05, 0) is 38.2 Å². The van der Waals surface area contributed by atoms with E-state index in [1.165, 1.54) is 0 Å². The summed E-state index contributed by atoms with van der Waals surface area (Å²) in [5.41, 5.74) is 7.83. The molecule has 1 heterocycles. The number of imidazole rings is 1. The zero-order valence-electron chi connectivity index (χ0n) is 13.3. The summed E-state index contributed by atoms with van der Waals surface area (Å²) in [6, 6.07) is 6.08. The molecule has 2 N–H and O–H groups in total. The summed E-state index contributed by atoms with van der Waals surface area (Å²) >= 11 is 0. The number of aryl methyl sites for hydroxylation is 1. The van der Waals surface area contributed by atoms with Crippen molar-refractivity contribution < 1.29 is 4.74 Å². The summed E-state index contributed by atoms with van der Waals surface area (Å²) in [6.45, 7) is 8.89. The number of fused-ring (bicyclic) bond motifs is 1. The van der Waals surface area contributed by atoms with Gasteiger partial charge in [-0.1, -0.05) is 13.8 Å². The van der Waals surface area contributed by atoms with Crippen LogP contribution in [0.1, 0.15) is 26.1 Å². The Morgan fingerprint density at radius 1 is 1.29 bits per heavy atom. The van der Waals surface area contributed by atoms with Gasteiger partial charge in [0, 0.05) is 12.6 Å². The predicted molar refractivity (Wildman–Crippen MR) is 86.6 cm³/mol. The minimum atomic E-state index is 0.695. The number of nitrogens with zero attached hydrogens (tertiary/aromatic N) is 3. The number of rotatable bonds is 8. The van der Waals surface area contributed by atoms with Gasteiger partial charge in [0.15, 0.2) is 0 Å². The van der Waals surface area contributed by atoms with Crippen LogP contribution >= 0.6 is 0 Å². The third kappa shape index (κ3) is 3.54. The van der Waals surface area contributed by atoms with Crippen LogP contribution < -0.4 is 10.5 Å². The van der Waals surface area contributed by atoms with Crippen molar-refractivity contribution in [1.29, 1.82) is 0 Å². The van der Waals surface area contributed by atoms with Crippen molar-refractivity contribution in [2.24, 2.45) is 5.73 Å². The average molecular weight is 290 g/mol. The lowest BCUT2D eigenvalue weighted by Crippen LogP contribution is -2.24. The van der Waals surface area contributed by atoms with Crippen molar-refractivity contribution in [1.82, 2.24) is 14.5 Å². The van der Waals surface area contributed by atoms with Gasteiger partial charge in [0.1, 0.15) is 11.6 Å². The van der Waals surface area contributed by atoms with Crippen molar-refractivity contribution in [2.45, 2.75) is 33.4 Å². The highest BCUT2D eigenvalue weighted by Crippen LogP contribution is 2.23. The van der Waals surface area contributed by atoms with E-state index in [0.717, 1.165) is 55.2 Å². The fourth-order valence-electron chi connectivity index (χ4n) is 2.55. The van der Waals surface area contributed by atoms with Crippen molar-refractivity contribution >= 4 is 11.0 Å². The molecule has 0 aliphatic rings. The van der Waals surface area contributed by atoms with E-state index in [4.69, 9.17) is 15.5 Å². The number of nitrogens with two attached hydrogens (primary N) is 1. The van der Waals surface area contributed by atoms with Crippen molar-refractivity contribution in [3.05, 3.63) is 24.0 Å². The van der Waals surface area contributed by atoms with Crippen LogP contribution in [0, 0.1) is 0 Å². The average Bonchev–Trinajstić information content (AvgIpc) is 2.86. The quantitative estimate of drug-likeness (QED) is 0.810. The van der Waals surface area contributed by atoms with E-state index in [1.54, 1.807) is 7.11 Å². The van der Waals surface area contributed by atoms with Gasteiger partial charge in [-0.3, -0.25) is 4.90 Å². The Balaban J connectivity index is 2.40. The first-order valence-corrected chi connectivity index (χ1v) is 7.69. The Morgan fingerprint density at radius 3 is 2.67 bits per heavy atom. The molecule has 21 heavy (non-hydrogen) atoms. The first-order chi connectivity index (χ1) is 10.2. The summed E-state index contributed by atoms with van der Waals surface area (Å²) in [4.78, 5) is 7.18. The molecule has 0 bridgehead atoms. The van der Waals surface area contributed by atoms with Crippen LogP contribution in [0.4, 0.5) is 0 Å². The highest BCUT2D eigenvalue weighted by atomic mass is 16.5. The molecule has 1 aromatic carbocycles. The second-order valence-electron chi connectivity index (χ2n) is 5.14. The van der Waals surface area contributed by atoms with Crippen molar-refractivity contribution in [2.75, 3.05) is 26.7 Å². The fraction of sp³-hybridized carbons (Fsp3) is 0.562. The smallest absolute Gasteiger partial charge is 0.124 e. The lowest BCUT2D eigenvalue weighted by Gasteiger charge is -2.18. The minimum Gasteiger partial charge on any atom is -0.497 e. The standard InChI is InChI=1S/C16H26N4O/c1-4-19(5-2)12-16-18-14-11-13(21-3)7-8-15(14)20(16)10-6-9-17/h7-8,11H,4-6,9-10,12,17H2,1-3H3. The second-order valence-corrected chi connectivity index (χ2v) is 5.14.